The van der Waals surface area contributed by atoms with Crippen LogP contribution in [0.25, 0.3) is 11.0 Å². The first-order valence-electron chi connectivity index (χ1n) is 10.9. The van der Waals surface area contributed by atoms with E-state index < -0.39 is 5.97 Å². The average molecular weight is 418 g/mol. The molecule has 0 spiro atoms. The fourth-order valence-electron chi connectivity index (χ4n) is 4.39. The van der Waals surface area contributed by atoms with Crippen LogP contribution in [0, 0.1) is 0 Å². The lowest BCUT2D eigenvalue weighted by atomic mass is 10.1. The summed E-state index contributed by atoms with van der Waals surface area (Å²) in [5.41, 5.74) is 4.06. The smallest absolute Gasteiger partial charge is 0.339 e. The first-order chi connectivity index (χ1) is 14.9. The Labute approximate surface area is 181 Å². The van der Waals surface area contributed by atoms with E-state index >= 15 is 0 Å². The predicted molar refractivity (Wildman–Crippen MR) is 117 cm³/mol. The molecule has 1 amide bonds. The van der Waals surface area contributed by atoms with Gasteiger partial charge in [-0.2, -0.15) is 5.10 Å². The normalized spacial score (nSPS) is 17.9. The summed E-state index contributed by atoms with van der Waals surface area (Å²) in [7, 11) is 0. The number of nitrogens with zero attached hydrogens (tertiary/aromatic N) is 4. The summed E-state index contributed by atoms with van der Waals surface area (Å²) in [6.07, 6.45) is 4.62. The van der Waals surface area contributed by atoms with Crippen LogP contribution in [-0.4, -0.2) is 39.3 Å². The van der Waals surface area contributed by atoms with Crippen molar-refractivity contribution in [2.24, 2.45) is 0 Å². The van der Waals surface area contributed by atoms with E-state index in [1.807, 2.05) is 55.8 Å². The summed E-state index contributed by atoms with van der Waals surface area (Å²) in [5, 5.41) is 5.09. The summed E-state index contributed by atoms with van der Waals surface area (Å²) < 4.78 is 7.33. The average Bonchev–Trinajstić information content (AvgIpc) is 3.42. The zero-order valence-electron chi connectivity index (χ0n) is 18.0. The van der Waals surface area contributed by atoms with Crippen LogP contribution in [0.3, 0.4) is 0 Å². The van der Waals surface area contributed by atoms with Crippen LogP contribution in [0.5, 0.6) is 0 Å². The van der Waals surface area contributed by atoms with E-state index in [2.05, 4.69) is 5.10 Å². The van der Waals surface area contributed by atoms with Crippen molar-refractivity contribution in [2.75, 3.05) is 11.5 Å². The maximum Gasteiger partial charge on any atom is 0.339 e. The Balaban J connectivity index is 1.39. The van der Waals surface area contributed by atoms with Crippen LogP contribution in [0.4, 0.5) is 5.69 Å². The van der Waals surface area contributed by atoms with Crippen molar-refractivity contribution in [3.8, 4) is 0 Å². The first-order valence-corrected chi connectivity index (χ1v) is 10.9. The van der Waals surface area contributed by atoms with Gasteiger partial charge in [0, 0.05) is 29.4 Å². The summed E-state index contributed by atoms with van der Waals surface area (Å²) in [6, 6.07) is 9.85. The van der Waals surface area contributed by atoms with Gasteiger partial charge in [0.15, 0.2) is 12.3 Å². The van der Waals surface area contributed by atoms with E-state index in [4.69, 9.17) is 9.72 Å². The number of hydrogen-bond donors (Lipinski definition) is 0. The number of amides is 1. The van der Waals surface area contributed by atoms with Gasteiger partial charge < -0.3 is 9.64 Å². The van der Waals surface area contributed by atoms with Crippen molar-refractivity contribution in [2.45, 2.75) is 58.0 Å². The second-order valence-electron chi connectivity index (χ2n) is 8.81. The van der Waals surface area contributed by atoms with Gasteiger partial charge in [-0.25, -0.2) is 14.5 Å². The predicted octanol–water partition coefficient (Wildman–Crippen LogP) is 4.02. The number of ether oxygens (including phenoxy) is 1. The van der Waals surface area contributed by atoms with Crippen molar-refractivity contribution in [3.05, 3.63) is 53.3 Å². The monoisotopic (exact) mass is 418 g/mol. The fraction of sp³-hybridized carbons (Fsp3) is 0.417. The summed E-state index contributed by atoms with van der Waals surface area (Å²) in [6.45, 7) is 5.78. The highest BCUT2D eigenvalue weighted by Gasteiger charge is 2.32. The van der Waals surface area contributed by atoms with Gasteiger partial charge in [0.25, 0.3) is 5.91 Å². The quantitative estimate of drug-likeness (QED) is 0.585. The molecule has 0 N–H and O–H groups in total. The minimum atomic E-state index is -0.508. The fourth-order valence-corrected chi connectivity index (χ4v) is 4.39. The Morgan fingerprint density at radius 2 is 2.00 bits per heavy atom. The highest BCUT2D eigenvalue weighted by molar-refractivity contribution is 6.04. The maximum absolute atomic E-state index is 13.0. The number of carbonyl (C=O) groups is 2. The van der Waals surface area contributed by atoms with Crippen molar-refractivity contribution in [1.82, 2.24) is 14.8 Å². The number of aromatic nitrogens is 3. The second kappa shape index (κ2) is 7.48. The third kappa shape index (κ3) is 3.48. The van der Waals surface area contributed by atoms with Gasteiger partial charge in [0.2, 0.25) is 0 Å². The Hall–Kier alpha value is -3.22. The molecule has 160 valence electrons. The molecule has 7 heteroatoms. The molecule has 1 aromatic carbocycles. The van der Waals surface area contributed by atoms with Gasteiger partial charge in [-0.3, -0.25) is 4.79 Å². The van der Waals surface area contributed by atoms with Gasteiger partial charge in [0.1, 0.15) is 0 Å². The van der Waals surface area contributed by atoms with Crippen LogP contribution in [0.2, 0.25) is 0 Å². The molecule has 0 radical (unpaired) electrons. The number of fused-ring (bicyclic) bond motifs is 2. The summed E-state index contributed by atoms with van der Waals surface area (Å²) >= 11 is 0. The molecule has 3 aromatic rings. The molecule has 2 aromatic heterocycles. The molecule has 0 bridgehead atoms. The first kappa shape index (κ1) is 19.7. The molecule has 0 saturated heterocycles. The molecular weight excluding hydrogens is 392 g/mol. The molecule has 2 aliphatic rings. The van der Waals surface area contributed by atoms with Crippen molar-refractivity contribution >= 4 is 28.6 Å². The van der Waals surface area contributed by atoms with Crippen LogP contribution < -0.4 is 4.90 Å². The molecule has 5 rings (SSSR count). The Morgan fingerprint density at radius 1 is 1.23 bits per heavy atom. The highest BCUT2D eigenvalue weighted by atomic mass is 16.5. The molecule has 1 aliphatic heterocycles. The zero-order valence-corrected chi connectivity index (χ0v) is 18.0. The number of anilines is 1. The molecule has 1 fully saturated rings. The molecular formula is C24H26N4O3. The molecule has 1 aliphatic carbocycles. The molecule has 3 heterocycles. The lowest BCUT2D eigenvalue weighted by molar-refractivity contribution is -0.122. The summed E-state index contributed by atoms with van der Waals surface area (Å²) in [4.78, 5) is 32.4. The highest BCUT2D eigenvalue weighted by Crippen LogP contribution is 2.40. The van der Waals surface area contributed by atoms with Crippen LogP contribution in [0.15, 0.2) is 36.5 Å². The van der Waals surface area contributed by atoms with E-state index in [0.29, 0.717) is 22.5 Å². The molecule has 31 heavy (non-hydrogen) atoms. The lowest BCUT2D eigenvalue weighted by Crippen LogP contribution is -2.38. The van der Waals surface area contributed by atoms with Crippen molar-refractivity contribution < 1.29 is 14.3 Å². The van der Waals surface area contributed by atoms with Crippen molar-refractivity contribution in [3.63, 3.8) is 0 Å². The van der Waals surface area contributed by atoms with E-state index in [1.54, 1.807) is 11.1 Å². The summed E-state index contributed by atoms with van der Waals surface area (Å²) in [5.74, 6) is -0.336. The van der Waals surface area contributed by atoms with E-state index in [9.17, 15) is 9.59 Å². The zero-order chi connectivity index (χ0) is 21.7. The minimum absolute atomic E-state index is 0.0435. The minimum Gasteiger partial charge on any atom is -0.452 e. The topological polar surface area (TPSA) is 77.3 Å². The number of benzene rings is 1. The van der Waals surface area contributed by atoms with E-state index in [1.165, 1.54) is 0 Å². The third-order valence-corrected chi connectivity index (χ3v) is 6.09. The third-order valence-electron chi connectivity index (χ3n) is 6.09. The number of esters is 1. The number of rotatable bonds is 5. The van der Waals surface area contributed by atoms with Gasteiger partial charge >= 0.3 is 5.97 Å². The second-order valence-corrected chi connectivity index (χ2v) is 8.81. The number of hydrogen-bond acceptors (Lipinski definition) is 5. The van der Waals surface area contributed by atoms with Gasteiger partial charge in [0.05, 0.1) is 17.1 Å². The van der Waals surface area contributed by atoms with Crippen LogP contribution >= 0.6 is 0 Å². The molecule has 1 unspecified atom stereocenters. The Kier molecular flexibility index (Phi) is 4.76. The number of pyridine rings is 1. The van der Waals surface area contributed by atoms with Gasteiger partial charge in [-0.15, -0.1) is 0 Å². The Morgan fingerprint density at radius 3 is 2.74 bits per heavy atom. The number of para-hydroxylation sites is 1. The SMILES string of the molecule is CC1Cc2ccccc2N1C(=O)COC(=O)c1cc(C2CC2)nc2c1cnn2C(C)C. The van der Waals surface area contributed by atoms with Gasteiger partial charge in [-0.1, -0.05) is 18.2 Å². The maximum atomic E-state index is 13.0. The van der Waals surface area contributed by atoms with Crippen LogP contribution in [-0.2, 0) is 16.0 Å². The van der Waals surface area contributed by atoms with Crippen LogP contribution in [0.1, 0.15) is 67.2 Å². The molecule has 7 nitrogen and oxygen atoms in total. The standard InChI is InChI=1S/C24H26N4O3/c1-14(2)28-23-19(12-25-28)18(11-20(26-23)16-8-9-16)24(30)31-13-22(29)27-15(3)10-17-6-4-5-7-21(17)27/h4-7,11-12,14-16H,8-10,13H2,1-3H3. The van der Waals surface area contributed by atoms with Gasteiger partial charge in [-0.05, 0) is 57.7 Å². The number of carbonyl (C=O) groups excluding carboxylic acids is 2. The molecule has 1 saturated carbocycles. The van der Waals surface area contributed by atoms with E-state index in [0.717, 1.165) is 36.2 Å². The van der Waals surface area contributed by atoms with Crippen molar-refractivity contribution in [1.29, 1.82) is 0 Å². The van der Waals surface area contributed by atoms with E-state index in [-0.39, 0.29) is 24.6 Å². The Bertz CT molecular complexity index is 1180. The largest absolute Gasteiger partial charge is 0.452 e. The lowest BCUT2D eigenvalue weighted by Gasteiger charge is -2.22. The molecule has 1 atom stereocenters.